The highest BCUT2D eigenvalue weighted by molar-refractivity contribution is 6.74. The second-order valence-corrected chi connectivity index (χ2v) is 28.8. The van der Waals surface area contributed by atoms with Crippen LogP contribution in [-0.4, -0.2) is 163 Å². The summed E-state index contributed by atoms with van der Waals surface area (Å²) in [6, 6.07) is 9.93. The number of hydrogen-bond donors (Lipinski definition) is 6. The molecule has 0 saturated carbocycles. The molecule has 3 aromatic carbocycles. The van der Waals surface area contributed by atoms with Crippen molar-refractivity contribution < 1.29 is 81.0 Å². The molecule has 0 spiro atoms. The largest absolute Gasteiger partial charge is 0.493 e. The van der Waals surface area contributed by atoms with E-state index in [0.29, 0.717) is 63.2 Å². The van der Waals surface area contributed by atoms with E-state index in [9.17, 15) is 38.7 Å². The van der Waals surface area contributed by atoms with E-state index in [1.54, 1.807) is 62.5 Å². The van der Waals surface area contributed by atoms with Crippen molar-refractivity contribution in [3.8, 4) is 23.0 Å². The van der Waals surface area contributed by atoms with E-state index in [4.69, 9.17) is 42.3 Å². The van der Waals surface area contributed by atoms with Crippen LogP contribution in [0.3, 0.4) is 0 Å². The predicted molar refractivity (Wildman–Crippen MR) is 343 cm³/mol. The summed E-state index contributed by atoms with van der Waals surface area (Å²) in [5, 5.41) is 23.5. The Balaban J connectivity index is 1.26. The van der Waals surface area contributed by atoms with Crippen LogP contribution in [-0.2, 0) is 44.4 Å². The third kappa shape index (κ3) is 21.3. The van der Waals surface area contributed by atoms with E-state index in [-0.39, 0.29) is 114 Å². The van der Waals surface area contributed by atoms with Crippen LogP contribution in [0.25, 0.3) is 0 Å². The molecule has 90 heavy (non-hydrogen) atoms. The second kappa shape index (κ2) is 34.8. The van der Waals surface area contributed by atoms with Gasteiger partial charge in [-0.1, -0.05) is 70.6 Å². The van der Waals surface area contributed by atoms with Crippen molar-refractivity contribution in [2.45, 2.75) is 143 Å². The van der Waals surface area contributed by atoms with E-state index in [2.05, 4.69) is 67.0 Å². The molecule has 6 N–H and O–H groups in total. The molecule has 2 aliphatic rings. The van der Waals surface area contributed by atoms with E-state index in [1.165, 1.54) is 56.4 Å². The van der Waals surface area contributed by atoms with Crippen LogP contribution in [0.4, 0.5) is 26.7 Å². The van der Waals surface area contributed by atoms with Crippen LogP contribution in [0.5, 0.6) is 23.0 Å². The molecule has 2 aliphatic heterocycles. The summed E-state index contributed by atoms with van der Waals surface area (Å²) in [6.07, 6.45) is 6.04. The standard InChI is InChI=1S/C65H93N7O17Si/c1-15-24-87-63(79)68-51-34-55(53(82-11)32-49(51)61(77)71-36-42(4)30-47(71)38-73)85-25-17-16-18-26-86-56-35-52(50(33-54(56)83-12)62(78)72-37-43(5)31-48(72)40-89-90(13,14)65(7,8)9)69-64(80)88-39-45-19-21-46(22-20-45)67-59(75)44(6)66-60(76)58(41(2)3)70-57(74)23-27-84-29-28-81-10/h15,19-22,32-37,41,44,47-48,58,73H,1,16-18,23-31,38-40H2,2-14H3,(H,66,76)(H,67,75)(H,68,79)(H,69,80)(H,70,74)/t44-,47-,48-,58-/m0/s1. The Kier molecular flexibility index (Phi) is 28.2. The molecule has 494 valence electrons. The number of hydrogen-bond acceptors (Lipinski definition) is 17. The molecule has 0 aromatic heterocycles. The van der Waals surface area contributed by atoms with E-state index < -0.39 is 62.3 Å². The lowest BCUT2D eigenvalue weighted by atomic mass is 10.0. The van der Waals surface area contributed by atoms with Gasteiger partial charge in [0.25, 0.3) is 11.8 Å². The number of unbranched alkanes of at least 4 members (excludes halogenated alkanes) is 2. The van der Waals surface area contributed by atoms with Gasteiger partial charge < -0.3 is 73.2 Å². The minimum absolute atomic E-state index is 0.0508. The molecule has 25 heteroatoms. The number of aliphatic hydroxyl groups is 1. The van der Waals surface area contributed by atoms with E-state index >= 15 is 0 Å². The number of rotatable bonds is 34. The third-order valence-corrected chi connectivity index (χ3v) is 19.9. The number of carbonyl (C=O) groups is 7. The Bertz CT molecular complexity index is 3040. The lowest BCUT2D eigenvalue weighted by Crippen LogP contribution is -2.53. The Labute approximate surface area is 529 Å². The van der Waals surface area contributed by atoms with Gasteiger partial charge in [0, 0.05) is 43.8 Å². The molecule has 0 aliphatic carbocycles. The fraction of sp³-hybridized carbons (Fsp3) is 0.523. The number of amides is 7. The number of nitrogens with zero attached hydrogens (tertiary/aromatic N) is 2. The average molecular weight is 1270 g/mol. The second-order valence-electron chi connectivity index (χ2n) is 24.0. The number of aliphatic hydroxyl groups excluding tert-OH is 1. The summed E-state index contributed by atoms with van der Waals surface area (Å²) in [5.41, 5.74) is 3.30. The van der Waals surface area contributed by atoms with Crippen LogP contribution in [0, 0.1) is 5.92 Å². The van der Waals surface area contributed by atoms with Gasteiger partial charge in [0.1, 0.15) is 25.3 Å². The molecule has 0 bridgehead atoms. The summed E-state index contributed by atoms with van der Waals surface area (Å²) < 4.78 is 51.6. The number of benzene rings is 3. The Morgan fingerprint density at radius 1 is 0.689 bits per heavy atom. The van der Waals surface area contributed by atoms with Crippen LogP contribution < -0.4 is 45.5 Å². The molecule has 7 amide bonds. The zero-order chi connectivity index (χ0) is 66.3. The molecule has 0 saturated heterocycles. The smallest absolute Gasteiger partial charge is 0.411 e. The van der Waals surface area contributed by atoms with Gasteiger partial charge in [-0.25, -0.2) is 9.59 Å². The van der Waals surface area contributed by atoms with Crippen molar-refractivity contribution in [1.82, 2.24) is 20.4 Å². The predicted octanol–water partition coefficient (Wildman–Crippen LogP) is 9.70. The fourth-order valence-corrected chi connectivity index (χ4v) is 10.4. The highest BCUT2D eigenvalue weighted by Gasteiger charge is 2.40. The first-order chi connectivity index (χ1) is 42.7. The third-order valence-electron chi connectivity index (χ3n) is 15.4. The topological polar surface area (TPSA) is 289 Å². The molecular formula is C65H93N7O17Si. The van der Waals surface area contributed by atoms with Gasteiger partial charge in [-0.15, -0.1) is 0 Å². The molecule has 4 atom stereocenters. The Morgan fingerprint density at radius 2 is 1.23 bits per heavy atom. The van der Waals surface area contributed by atoms with Gasteiger partial charge in [0.2, 0.25) is 17.7 Å². The quantitative estimate of drug-likeness (QED) is 0.0184. The summed E-state index contributed by atoms with van der Waals surface area (Å²) in [4.78, 5) is 97.3. The molecule has 0 radical (unpaired) electrons. The van der Waals surface area contributed by atoms with Gasteiger partial charge in [-0.3, -0.25) is 34.6 Å². The normalized spacial score (nSPS) is 15.4. The summed E-state index contributed by atoms with van der Waals surface area (Å²) >= 11 is 0. The van der Waals surface area contributed by atoms with E-state index in [1.807, 2.05) is 13.8 Å². The fourth-order valence-electron chi connectivity index (χ4n) is 9.31. The summed E-state index contributed by atoms with van der Waals surface area (Å²) in [7, 11) is 2.23. The molecule has 0 unspecified atom stereocenters. The lowest BCUT2D eigenvalue weighted by Gasteiger charge is -2.38. The Hall–Kier alpha value is -7.97. The first-order valence-electron chi connectivity index (χ1n) is 30.2. The maximum atomic E-state index is 14.8. The van der Waals surface area contributed by atoms with Crippen molar-refractivity contribution in [1.29, 1.82) is 0 Å². The maximum absolute atomic E-state index is 14.8. The van der Waals surface area contributed by atoms with Gasteiger partial charge in [-0.05, 0) is 107 Å². The van der Waals surface area contributed by atoms with Crippen molar-refractivity contribution in [2.75, 3.05) is 90.1 Å². The number of anilines is 3. The molecule has 5 rings (SSSR count). The van der Waals surface area contributed by atoms with Gasteiger partial charge in [0.15, 0.2) is 31.3 Å². The maximum Gasteiger partial charge on any atom is 0.411 e. The van der Waals surface area contributed by atoms with Crippen LogP contribution >= 0.6 is 0 Å². The minimum Gasteiger partial charge on any atom is -0.493 e. The lowest BCUT2D eigenvalue weighted by molar-refractivity contribution is -0.132. The van der Waals surface area contributed by atoms with Crippen molar-refractivity contribution in [3.63, 3.8) is 0 Å². The van der Waals surface area contributed by atoms with Gasteiger partial charge in [0.05, 0.1) is 95.1 Å². The first kappa shape index (κ1) is 72.8. The summed E-state index contributed by atoms with van der Waals surface area (Å²) in [5.74, 6) is -1.54. The van der Waals surface area contributed by atoms with Crippen LogP contribution in [0.15, 0.2) is 84.7 Å². The molecule has 2 heterocycles. The minimum atomic E-state index is -2.20. The SMILES string of the molecule is C=CCOC(=O)Nc1cc(OCCCCCOc2cc(NC(=O)OCc3ccc(NC(=O)[C@H](C)NC(=O)[C@@H](NC(=O)CCOCCOC)C(C)C)cc3)c(C(=O)N3C=C(C)C[C@H]3CO[Si](C)(C)C(C)(C)C)cc2OC)c(OC)cc1C(=O)N1C=C(C)C[C@H]1CO. The first-order valence-corrected chi connectivity index (χ1v) is 33.1. The van der Waals surface area contributed by atoms with Gasteiger partial charge in [-0.2, -0.15) is 0 Å². The number of ether oxygens (including phenoxy) is 8. The van der Waals surface area contributed by atoms with Gasteiger partial charge >= 0.3 is 12.2 Å². The molecule has 0 fully saturated rings. The highest BCUT2D eigenvalue weighted by Crippen LogP contribution is 2.40. The number of nitrogens with one attached hydrogen (secondary N) is 5. The van der Waals surface area contributed by atoms with E-state index in [0.717, 1.165) is 11.1 Å². The average Bonchev–Trinajstić information content (AvgIpc) is 1.41. The Morgan fingerprint density at radius 3 is 1.74 bits per heavy atom. The van der Waals surface area contributed by atoms with Crippen molar-refractivity contribution >= 4 is 67.1 Å². The number of methoxy groups -OCH3 is 3. The zero-order valence-electron chi connectivity index (χ0n) is 54.4. The van der Waals surface area contributed by atoms with Crippen molar-refractivity contribution in [2.24, 2.45) is 5.92 Å². The van der Waals surface area contributed by atoms with Crippen LogP contribution in [0.2, 0.25) is 18.1 Å². The summed E-state index contributed by atoms with van der Waals surface area (Å²) in [6.45, 7) is 24.4. The molecule has 24 nitrogen and oxygen atoms in total. The highest BCUT2D eigenvalue weighted by atomic mass is 28.4. The van der Waals surface area contributed by atoms with Crippen molar-refractivity contribution in [3.05, 3.63) is 101 Å². The number of carbonyl (C=O) groups excluding carboxylic acids is 7. The molecule has 3 aromatic rings. The zero-order valence-corrected chi connectivity index (χ0v) is 55.4. The molecular weight excluding hydrogens is 1180 g/mol. The monoisotopic (exact) mass is 1270 g/mol. The van der Waals surface area contributed by atoms with Crippen LogP contribution in [0.1, 0.15) is 120 Å².